The highest BCUT2D eigenvalue weighted by Crippen LogP contribution is 2.33. The monoisotopic (exact) mass is 225 g/mol. The van der Waals surface area contributed by atoms with Gasteiger partial charge in [-0.1, -0.05) is 0 Å². The zero-order valence-electron chi connectivity index (χ0n) is 8.91. The van der Waals surface area contributed by atoms with E-state index in [1.165, 1.54) is 11.3 Å². The van der Waals surface area contributed by atoms with E-state index < -0.39 is 11.1 Å². The lowest BCUT2D eigenvalue weighted by Gasteiger charge is -2.25. The first-order valence-corrected chi connectivity index (χ1v) is 5.83. The number of carbonyl (C=O) groups is 1. The molecule has 1 heterocycles. The maximum absolute atomic E-state index is 11.8. The minimum Gasteiger partial charge on any atom is -0.343 e. The van der Waals surface area contributed by atoms with E-state index in [0.29, 0.717) is 0 Å². The molecular weight excluding hydrogens is 210 g/mol. The summed E-state index contributed by atoms with van der Waals surface area (Å²) in [5.41, 5.74) is 4.77. The van der Waals surface area contributed by atoms with Gasteiger partial charge in [-0.25, -0.2) is 4.98 Å². The smallest absolute Gasteiger partial charge is 0.240 e. The molecule has 0 radical (unpaired) electrons. The van der Waals surface area contributed by atoms with Crippen LogP contribution >= 0.6 is 11.3 Å². The molecule has 1 saturated carbocycles. The summed E-state index contributed by atoms with van der Waals surface area (Å²) in [4.78, 5) is 16.0. The second-order valence-corrected chi connectivity index (χ2v) is 5.47. The minimum atomic E-state index is -0.617. The molecule has 0 unspecified atom stereocenters. The van der Waals surface area contributed by atoms with Gasteiger partial charge in [-0.3, -0.25) is 4.79 Å². The van der Waals surface area contributed by atoms with Gasteiger partial charge in [-0.15, -0.1) is 11.3 Å². The summed E-state index contributed by atoms with van der Waals surface area (Å²) in [6, 6.07) is 0. The zero-order valence-corrected chi connectivity index (χ0v) is 9.73. The Kier molecular flexibility index (Phi) is 2.31. The highest BCUT2D eigenvalue weighted by molar-refractivity contribution is 7.09. The molecule has 1 amide bonds. The number of amides is 1. The second kappa shape index (κ2) is 3.28. The lowest BCUT2D eigenvalue weighted by molar-refractivity contribution is -0.125. The van der Waals surface area contributed by atoms with Gasteiger partial charge in [0, 0.05) is 11.6 Å². The quantitative estimate of drug-likeness (QED) is 0.806. The molecule has 1 fully saturated rings. The fourth-order valence-corrected chi connectivity index (χ4v) is 2.07. The van der Waals surface area contributed by atoms with E-state index >= 15 is 0 Å². The van der Waals surface area contributed by atoms with Crippen LogP contribution in [0.4, 0.5) is 0 Å². The lowest BCUT2D eigenvalue weighted by atomic mass is 10.1. The van der Waals surface area contributed by atoms with E-state index in [4.69, 9.17) is 5.73 Å². The molecule has 1 aromatic heterocycles. The third kappa shape index (κ3) is 2.03. The van der Waals surface area contributed by atoms with E-state index in [1.807, 2.05) is 19.2 Å². The van der Waals surface area contributed by atoms with Gasteiger partial charge >= 0.3 is 0 Å². The Bertz CT molecular complexity index is 368. The van der Waals surface area contributed by atoms with Crippen molar-refractivity contribution in [2.24, 2.45) is 5.73 Å². The highest BCUT2D eigenvalue weighted by atomic mass is 32.1. The van der Waals surface area contributed by atoms with Gasteiger partial charge in [0.1, 0.15) is 5.01 Å². The predicted octanol–water partition coefficient (Wildman–Crippen LogP) is 0.986. The Balaban J connectivity index is 2.08. The van der Waals surface area contributed by atoms with Gasteiger partial charge in [0.05, 0.1) is 11.1 Å². The third-order valence-electron chi connectivity index (χ3n) is 2.63. The Morgan fingerprint density at radius 2 is 2.33 bits per heavy atom. The maximum Gasteiger partial charge on any atom is 0.240 e. The molecule has 1 aliphatic carbocycles. The van der Waals surface area contributed by atoms with Gasteiger partial charge in [0.25, 0.3) is 0 Å². The van der Waals surface area contributed by atoms with Gasteiger partial charge in [-0.05, 0) is 26.7 Å². The summed E-state index contributed by atoms with van der Waals surface area (Å²) in [6.45, 7) is 3.88. The molecule has 0 atom stereocenters. The molecule has 1 aliphatic rings. The van der Waals surface area contributed by atoms with E-state index in [1.54, 1.807) is 6.20 Å². The first-order valence-electron chi connectivity index (χ1n) is 4.95. The van der Waals surface area contributed by atoms with Crippen LogP contribution in [0.5, 0.6) is 0 Å². The molecule has 1 aromatic rings. The zero-order chi connectivity index (χ0) is 11.1. The van der Waals surface area contributed by atoms with Crippen molar-refractivity contribution in [3.8, 4) is 0 Å². The fourth-order valence-electron chi connectivity index (χ4n) is 1.36. The number of rotatable bonds is 3. The van der Waals surface area contributed by atoms with Crippen molar-refractivity contribution in [3.05, 3.63) is 16.6 Å². The molecule has 0 saturated heterocycles. The number of carbonyl (C=O) groups excluding carboxylic acids is 1. The van der Waals surface area contributed by atoms with Gasteiger partial charge in [-0.2, -0.15) is 0 Å². The Hall–Kier alpha value is -0.940. The van der Waals surface area contributed by atoms with Crippen LogP contribution in [0.15, 0.2) is 11.6 Å². The Morgan fingerprint density at radius 1 is 1.67 bits per heavy atom. The average molecular weight is 225 g/mol. The number of nitrogens with two attached hydrogens (primary N) is 1. The Labute approximate surface area is 92.9 Å². The van der Waals surface area contributed by atoms with Crippen molar-refractivity contribution in [2.75, 3.05) is 0 Å². The van der Waals surface area contributed by atoms with Crippen molar-refractivity contribution in [2.45, 2.75) is 37.8 Å². The summed E-state index contributed by atoms with van der Waals surface area (Å²) in [6.07, 6.45) is 3.31. The molecule has 0 aliphatic heterocycles. The minimum absolute atomic E-state index is 0.0669. The average Bonchev–Trinajstić information content (AvgIpc) is 2.70. The van der Waals surface area contributed by atoms with Crippen molar-refractivity contribution in [3.63, 3.8) is 0 Å². The standard InChI is InChI=1S/C10H15N3OS/c1-9(2,8-12-5-6-15-8)13-7(14)10(11)3-4-10/h5-6H,3-4,11H2,1-2H3,(H,13,14). The van der Waals surface area contributed by atoms with Crippen LogP contribution in [0.25, 0.3) is 0 Å². The SMILES string of the molecule is CC(C)(NC(=O)C1(N)CC1)c1nccs1. The second-order valence-electron chi connectivity index (χ2n) is 4.57. The lowest BCUT2D eigenvalue weighted by Crippen LogP contribution is -2.50. The van der Waals surface area contributed by atoms with E-state index in [2.05, 4.69) is 10.3 Å². The summed E-state index contributed by atoms with van der Waals surface area (Å²) < 4.78 is 0. The van der Waals surface area contributed by atoms with E-state index in [9.17, 15) is 4.79 Å². The molecule has 4 nitrogen and oxygen atoms in total. The molecule has 5 heteroatoms. The third-order valence-corrected chi connectivity index (χ3v) is 3.73. The molecular formula is C10H15N3OS. The molecule has 0 bridgehead atoms. The number of hydrogen-bond donors (Lipinski definition) is 2. The topological polar surface area (TPSA) is 68.0 Å². The predicted molar refractivity (Wildman–Crippen MR) is 59.4 cm³/mol. The van der Waals surface area contributed by atoms with Crippen LogP contribution in [-0.4, -0.2) is 16.4 Å². The molecule has 0 spiro atoms. The maximum atomic E-state index is 11.8. The summed E-state index contributed by atoms with van der Waals surface area (Å²) in [5, 5.41) is 5.75. The van der Waals surface area contributed by atoms with Gasteiger partial charge in [0.15, 0.2) is 0 Å². The Morgan fingerprint density at radius 3 is 2.80 bits per heavy atom. The first-order chi connectivity index (χ1) is 6.94. The van der Waals surface area contributed by atoms with Crippen LogP contribution < -0.4 is 11.1 Å². The summed E-state index contributed by atoms with van der Waals surface area (Å²) >= 11 is 1.54. The van der Waals surface area contributed by atoms with Crippen LogP contribution in [0, 0.1) is 0 Å². The van der Waals surface area contributed by atoms with Crippen molar-refractivity contribution >= 4 is 17.2 Å². The van der Waals surface area contributed by atoms with Crippen LogP contribution in [0.1, 0.15) is 31.7 Å². The van der Waals surface area contributed by atoms with Crippen molar-refractivity contribution in [1.29, 1.82) is 0 Å². The van der Waals surface area contributed by atoms with Gasteiger partial charge < -0.3 is 11.1 Å². The summed E-state index contributed by atoms with van der Waals surface area (Å²) in [5.74, 6) is -0.0669. The van der Waals surface area contributed by atoms with Crippen LogP contribution in [-0.2, 0) is 10.3 Å². The molecule has 15 heavy (non-hydrogen) atoms. The molecule has 0 aromatic carbocycles. The van der Waals surface area contributed by atoms with E-state index in [0.717, 1.165) is 17.8 Å². The van der Waals surface area contributed by atoms with E-state index in [-0.39, 0.29) is 5.91 Å². The largest absolute Gasteiger partial charge is 0.343 e. The fraction of sp³-hybridized carbons (Fsp3) is 0.600. The highest BCUT2D eigenvalue weighted by Gasteiger charge is 2.47. The molecule has 2 rings (SSSR count). The van der Waals surface area contributed by atoms with Crippen LogP contribution in [0.2, 0.25) is 0 Å². The number of nitrogens with one attached hydrogen (secondary N) is 1. The number of nitrogens with zero attached hydrogens (tertiary/aromatic N) is 1. The number of thiazole rings is 1. The molecule has 3 N–H and O–H groups in total. The normalized spacial score (nSPS) is 18.6. The summed E-state index contributed by atoms with van der Waals surface area (Å²) in [7, 11) is 0. The van der Waals surface area contributed by atoms with Crippen molar-refractivity contribution < 1.29 is 4.79 Å². The van der Waals surface area contributed by atoms with Gasteiger partial charge in [0.2, 0.25) is 5.91 Å². The number of hydrogen-bond acceptors (Lipinski definition) is 4. The van der Waals surface area contributed by atoms with Crippen molar-refractivity contribution in [1.82, 2.24) is 10.3 Å². The number of aromatic nitrogens is 1. The first kappa shape index (κ1) is 10.6. The van der Waals surface area contributed by atoms with Crippen LogP contribution in [0.3, 0.4) is 0 Å². The molecule has 82 valence electrons.